The summed E-state index contributed by atoms with van der Waals surface area (Å²) in [7, 11) is 3.82. The van der Waals surface area contributed by atoms with Gasteiger partial charge in [0.1, 0.15) is 5.82 Å². The fourth-order valence-corrected chi connectivity index (χ4v) is 3.18. The number of likely N-dealkylation sites (tertiary alicyclic amines) is 1. The minimum absolute atomic E-state index is 0.346. The van der Waals surface area contributed by atoms with Gasteiger partial charge in [-0.3, -0.25) is 4.99 Å². The minimum atomic E-state index is 0.346. The SMILES string of the molecule is CN=C(NCc1nnc(C)n1C)N1CCC2(CCOC2)C1. The maximum Gasteiger partial charge on any atom is 0.194 e. The minimum Gasteiger partial charge on any atom is -0.381 e. The number of nitrogens with zero attached hydrogens (tertiary/aromatic N) is 5. The average Bonchev–Trinajstić information content (AvgIpc) is 3.19. The van der Waals surface area contributed by atoms with Crippen LogP contribution in [0.25, 0.3) is 0 Å². The second kappa shape index (κ2) is 5.63. The molecular formula is C14H24N6O. The van der Waals surface area contributed by atoms with E-state index in [0.717, 1.165) is 43.9 Å². The number of rotatable bonds is 2. The number of hydrogen-bond acceptors (Lipinski definition) is 4. The summed E-state index contributed by atoms with van der Waals surface area (Å²) in [6.07, 6.45) is 2.36. The molecule has 0 amide bonds. The molecule has 1 unspecified atom stereocenters. The van der Waals surface area contributed by atoms with Crippen molar-refractivity contribution in [3.8, 4) is 0 Å². The summed E-state index contributed by atoms with van der Waals surface area (Å²) < 4.78 is 7.58. The van der Waals surface area contributed by atoms with Gasteiger partial charge in [-0.2, -0.15) is 0 Å². The van der Waals surface area contributed by atoms with Crippen LogP contribution in [0.1, 0.15) is 24.5 Å². The van der Waals surface area contributed by atoms with Crippen molar-refractivity contribution in [2.45, 2.75) is 26.3 Å². The van der Waals surface area contributed by atoms with Crippen molar-refractivity contribution in [2.24, 2.45) is 17.5 Å². The van der Waals surface area contributed by atoms with Crippen LogP contribution in [0.3, 0.4) is 0 Å². The summed E-state index contributed by atoms with van der Waals surface area (Å²) in [5, 5.41) is 11.7. The van der Waals surface area contributed by atoms with E-state index in [4.69, 9.17) is 4.74 Å². The van der Waals surface area contributed by atoms with E-state index in [9.17, 15) is 0 Å². The lowest BCUT2D eigenvalue weighted by Crippen LogP contribution is -2.41. The number of aryl methyl sites for hydroxylation is 1. The van der Waals surface area contributed by atoms with Crippen LogP contribution < -0.4 is 5.32 Å². The maximum atomic E-state index is 5.58. The lowest BCUT2D eigenvalue weighted by molar-refractivity contribution is 0.156. The Morgan fingerprint density at radius 1 is 1.43 bits per heavy atom. The van der Waals surface area contributed by atoms with E-state index in [2.05, 4.69) is 25.4 Å². The Morgan fingerprint density at radius 3 is 2.90 bits per heavy atom. The second-order valence-corrected chi connectivity index (χ2v) is 6.10. The highest BCUT2D eigenvalue weighted by molar-refractivity contribution is 5.80. The van der Waals surface area contributed by atoms with E-state index in [1.807, 2.05) is 25.6 Å². The topological polar surface area (TPSA) is 67.6 Å². The molecular weight excluding hydrogens is 268 g/mol. The van der Waals surface area contributed by atoms with Gasteiger partial charge in [0.25, 0.3) is 0 Å². The van der Waals surface area contributed by atoms with Gasteiger partial charge in [0.15, 0.2) is 11.8 Å². The molecule has 1 spiro atoms. The van der Waals surface area contributed by atoms with Gasteiger partial charge in [0.05, 0.1) is 13.2 Å². The highest BCUT2D eigenvalue weighted by Gasteiger charge is 2.42. The van der Waals surface area contributed by atoms with E-state index in [-0.39, 0.29) is 0 Å². The lowest BCUT2D eigenvalue weighted by Gasteiger charge is -2.24. The predicted molar refractivity (Wildman–Crippen MR) is 80.0 cm³/mol. The van der Waals surface area contributed by atoms with Gasteiger partial charge in [0.2, 0.25) is 0 Å². The molecule has 21 heavy (non-hydrogen) atoms. The quantitative estimate of drug-likeness (QED) is 0.628. The summed E-state index contributed by atoms with van der Waals surface area (Å²) >= 11 is 0. The van der Waals surface area contributed by atoms with Crippen molar-refractivity contribution in [1.82, 2.24) is 25.0 Å². The van der Waals surface area contributed by atoms with E-state index < -0.39 is 0 Å². The molecule has 1 N–H and O–H groups in total. The molecule has 3 rings (SSSR count). The van der Waals surface area contributed by atoms with Gasteiger partial charge in [-0.25, -0.2) is 0 Å². The molecule has 2 aliphatic rings. The molecule has 1 aromatic heterocycles. The van der Waals surface area contributed by atoms with E-state index in [1.165, 1.54) is 12.8 Å². The summed E-state index contributed by atoms with van der Waals surface area (Å²) in [6.45, 7) is 6.46. The predicted octanol–water partition coefficient (Wildman–Crippen LogP) is 0.311. The van der Waals surface area contributed by atoms with Crippen LogP contribution >= 0.6 is 0 Å². The van der Waals surface area contributed by atoms with Crippen LogP contribution in [-0.2, 0) is 18.3 Å². The van der Waals surface area contributed by atoms with E-state index >= 15 is 0 Å². The summed E-state index contributed by atoms with van der Waals surface area (Å²) in [6, 6.07) is 0. The molecule has 1 atom stereocenters. The van der Waals surface area contributed by atoms with Gasteiger partial charge >= 0.3 is 0 Å². The van der Waals surface area contributed by atoms with Crippen molar-refractivity contribution in [3.63, 3.8) is 0 Å². The van der Waals surface area contributed by atoms with Crippen LogP contribution in [-0.4, -0.2) is 59.0 Å². The third kappa shape index (κ3) is 2.74. The van der Waals surface area contributed by atoms with Gasteiger partial charge in [-0.05, 0) is 19.8 Å². The summed E-state index contributed by atoms with van der Waals surface area (Å²) in [4.78, 5) is 6.74. The average molecular weight is 292 g/mol. The van der Waals surface area contributed by atoms with Crippen molar-refractivity contribution >= 4 is 5.96 Å². The number of hydrogen-bond donors (Lipinski definition) is 1. The summed E-state index contributed by atoms with van der Waals surface area (Å²) in [5.41, 5.74) is 0.346. The fourth-order valence-electron chi connectivity index (χ4n) is 3.18. The molecule has 3 heterocycles. The lowest BCUT2D eigenvalue weighted by atomic mass is 9.87. The molecule has 2 saturated heterocycles. The van der Waals surface area contributed by atoms with Gasteiger partial charge in [0, 0.05) is 39.2 Å². The van der Waals surface area contributed by atoms with Gasteiger partial charge in [-0.15, -0.1) is 10.2 Å². The Kier molecular flexibility index (Phi) is 3.84. The third-order valence-corrected chi connectivity index (χ3v) is 4.72. The van der Waals surface area contributed by atoms with Crippen molar-refractivity contribution in [2.75, 3.05) is 33.4 Å². The molecule has 116 valence electrons. The standard InChI is InChI=1S/C14H24N6O/c1-11-17-18-12(19(11)3)8-16-13(15-2)20-6-4-14(9-20)5-7-21-10-14/h4-10H2,1-3H3,(H,15,16). The second-order valence-electron chi connectivity index (χ2n) is 6.10. The Hall–Kier alpha value is -1.63. The molecule has 0 radical (unpaired) electrons. The van der Waals surface area contributed by atoms with Crippen LogP contribution in [0.4, 0.5) is 0 Å². The van der Waals surface area contributed by atoms with Gasteiger partial charge < -0.3 is 19.5 Å². The van der Waals surface area contributed by atoms with Crippen molar-refractivity contribution in [1.29, 1.82) is 0 Å². The highest BCUT2D eigenvalue weighted by atomic mass is 16.5. The molecule has 7 nitrogen and oxygen atoms in total. The van der Waals surface area contributed by atoms with Crippen LogP contribution in [0.2, 0.25) is 0 Å². The first-order valence-corrected chi connectivity index (χ1v) is 7.52. The monoisotopic (exact) mass is 292 g/mol. The first kappa shape index (κ1) is 14.3. The molecule has 0 saturated carbocycles. The molecule has 0 aliphatic carbocycles. The molecule has 0 bridgehead atoms. The van der Waals surface area contributed by atoms with Crippen molar-refractivity contribution < 1.29 is 4.74 Å². The van der Waals surface area contributed by atoms with Crippen LogP contribution in [0.15, 0.2) is 4.99 Å². The molecule has 7 heteroatoms. The molecule has 2 aliphatic heterocycles. The Labute approximate surface area is 125 Å². The van der Waals surface area contributed by atoms with Crippen LogP contribution in [0.5, 0.6) is 0 Å². The number of guanidine groups is 1. The number of aromatic nitrogens is 3. The fraction of sp³-hybridized carbons (Fsp3) is 0.786. The first-order chi connectivity index (χ1) is 10.1. The van der Waals surface area contributed by atoms with Gasteiger partial charge in [-0.1, -0.05) is 0 Å². The van der Waals surface area contributed by atoms with E-state index in [1.54, 1.807) is 0 Å². The third-order valence-electron chi connectivity index (χ3n) is 4.72. The number of aliphatic imine (C=N–C) groups is 1. The number of nitrogens with one attached hydrogen (secondary N) is 1. The normalized spacial score (nSPS) is 26.0. The molecule has 1 aromatic rings. The van der Waals surface area contributed by atoms with E-state index in [0.29, 0.717) is 12.0 Å². The Morgan fingerprint density at radius 2 is 2.29 bits per heavy atom. The zero-order valence-corrected chi connectivity index (χ0v) is 13.1. The van der Waals surface area contributed by atoms with Crippen LogP contribution in [0, 0.1) is 12.3 Å². The number of ether oxygens (including phenoxy) is 1. The molecule has 0 aromatic carbocycles. The Bertz CT molecular complexity index is 532. The van der Waals surface area contributed by atoms with Crippen molar-refractivity contribution in [3.05, 3.63) is 11.6 Å². The highest BCUT2D eigenvalue weighted by Crippen LogP contribution is 2.38. The first-order valence-electron chi connectivity index (χ1n) is 7.52. The molecule has 2 fully saturated rings. The zero-order chi connectivity index (χ0) is 14.9. The zero-order valence-electron chi connectivity index (χ0n) is 13.1. The summed E-state index contributed by atoms with van der Waals surface area (Å²) in [5.74, 6) is 2.79. The Balaban J connectivity index is 1.60. The maximum absolute atomic E-state index is 5.58. The smallest absolute Gasteiger partial charge is 0.194 e. The largest absolute Gasteiger partial charge is 0.381 e.